The van der Waals surface area contributed by atoms with Crippen molar-refractivity contribution in [2.45, 2.75) is 25.9 Å². The first-order valence-electron chi connectivity index (χ1n) is 8.82. The molecular weight excluding hydrogens is 312 g/mol. The summed E-state index contributed by atoms with van der Waals surface area (Å²) in [5.74, 6) is -0.333. The molecule has 0 unspecified atom stereocenters. The largest absolute Gasteiger partial charge is 0.456 e. The van der Waals surface area contributed by atoms with E-state index in [0.717, 1.165) is 16.5 Å². The van der Waals surface area contributed by atoms with Gasteiger partial charge in [-0.3, -0.25) is 0 Å². The van der Waals surface area contributed by atoms with E-state index in [4.69, 9.17) is 4.74 Å². The number of esters is 1. The maximum Gasteiger partial charge on any atom is 0.355 e. The van der Waals surface area contributed by atoms with Crippen LogP contribution in [0.25, 0.3) is 10.9 Å². The Morgan fingerprint density at radius 2 is 1.64 bits per heavy atom. The molecule has 0 amide bonds. The number of rotatable bonds is 3. The smallest absolute Gasteiger partial charge is 0.355 e. The fraction of sp³-hybridized carbons (Fsp3) is 0.286. The molecule has 25 heavy (non-hydrogen) atoms. The molecular formula is C21H24N2O2. The third-order valence-corrected chi connectivity index (χ3v) is 4.17. The number of fused-ring (bicyclic) bond motifs is 1. The predicted molar refractivity (Wildman–Crippen MR) is 101 cm³/mol. The van der Waals surface area contributed by atoms with Gasteiger partial charge < -0.3 is 15.0 Å². The summed E-state index contributed by atoms with van der Waals surface area (Å²) in [4.78, 5) is 15.0. The molecule has 1 aliphatic rings. The number of benzene rings is 2. The molecule has 130 valence electrons. The van der Waals surface area contributed by atoms with Gasteiger partial charge in [0.25, 0.3) is 0 Å². The van der Waals surface area contributed by atoms with E-state index in [1.807, 2.05) is 60.7 Å². The molecule has 2 aromatic carbocycles. The van der Waals surface area contributed by atoms with Crippen molar-refractivity contribution in [3.63, 3.8) is 0 Å². The van der Waals surface area contributed by atoms with Crippen LogP contribution in [0.4, 0.5) is 0 Å². The number of carbonyl (C=O) groups is 1. The van der Waals surface area contributed by atoms with Gasteiger partial charge >= 0.3 is 5.97 Å². The fourth-order valence-electron chi connectivity index (χ4n) is 2.79. The Hall–Kier alpha value is -2.59. The molecule has 1 saturated heterocycles. The summed E-state index contributed by atoms with van der Waals surface area (Å²) in [5, 5.41) is 4.29. The highest BCUT2D eigenvalue weighted by Gasteiger charge is 2.10. The molecule has 0 spiro atoms. The third kappa shape index (κ3) is 5.19. The number of para-hydroxylation sites is 1. The van der Waals surface area contributed by atoms with Crippen molar-refractivity contribution in [1.82, 2.24) is 10.3 Å². The first-order chi connectivity index (χ1) is 12.3. The number of piperidine rings is 1. The van der Waals surface area contributed by atoms with E-state index in [1.165, 1.54) is 32.4 Å². The monoisotopic (exact) mass is 336 g/mol. The molecule has 0 saturated carbocycles. The van der Waals surface area contributed by atoms with Gasteiger partial charge in [-0.25, -0.2) is 4.79 Å². The number of hydrogen-bond acceptors (Lipinski definition) is 3. The summed E-state index contributed by atoms with van der Waals surface area (Å²) in [6.07, 6.45) is 4.22. The van der Waals surface area contributed by atoms with E-state index in [-0.39, 0.29) is 12.6 Å². The van der Waals surface area contributed by atoms with Crippen molar-refractivity contribution in [3.05, 3.63) is 71.9 Å². The molecule has 2 N–H and O–H groups in total. The molecule has 2 heterocycles. The molecule has 4 heteroatoms. The molecule has 4 nitrogen and oxygen atoms in total. The van der Waals surface area contributed by atoms with E-state index in [1.54, 1.807) is 0 Å². The molecule has 1 aromatic heterocycles. The Bertz CT molecular complexity index is 747. The Balaban J connectivity index is 0.000000258. The lowest BCUT2D eigenvalue weighted by Crippen LogP contribution is -2.21. The van der Waals surface area contributed by atoms with Gasteiger partial charge in [-0.05, 0) is 43.6 Å². The number of ether oxygens (including phenoxy) is 1. The Morgan fingerprint density at radius 1 is 0.920 bits per heavy atom. The number of H-pyrrole nitrogens is 1. The lowest BCUT2D eigenvalue weighted by molar-refractivity contribution is 0.0467. The lowest BCUT2D eigenvalue weighted by Gasteiger charge is -2.08. The number of aromatic nitrogens is 1. The molecule has 3 aromatic rings. The van der Waals surface area contributed by atoms with Crippen LogP contribution in [0, 0.1) is 0 Å². The average Bonchev–Trinajstić information content (AvgIpc) is 3.13. The maximum atomic E-state index is 11.9. The van der Waals surface area contributed by atoms with Crippen molar-refractivity contribution in [2.75, 3.05) is 13.1 Å². The van der Waals surface area contributed by atoms with Crippen molar-refractivity contribution in [2.24, 2.45) is 0 Å². The number of hydrogen-bond donors (Lipinski definition) is 2. The van der Waals surface area contributed by atoms with Crippen molar-refractivity contribution >= 4 is 16.9 Å². The summed E-state index contributed by atoms with van der Waals surface area (Å²) < 4.78 is 5.27. The molecule has 1 aliphatic heterocycles. The maximum absolute atomic E-state index is 11.9. The highest BCUT2D eigenvalue weighted by atomic mass is 16.5. The van der Waals surface area contributed by atoms with E-state index in [9.17, 15) is 4.79 Å². The van der Waals surface area contributed by atoms with Crippen LogP contribution in [0.15, 0.2) is 60.7 Å². The molecule has 0 aliphatic carbocycles. The van der Waals surface area contributed by atoms with Crippen LogP contribution in [0.2, 0.25) is 0 Å². The van der Waals surface area contributed by atoms with Crippen LogP contribution in [0.3, 0.4) is 0 Å². The first-order valence-corrected chi connectivity index (χ1v) is 8.82. The van der Waals surface area contributed by atoms with Gasteiger partial charge in [0, 0.05) is 10.9 Å². The van der Waals surface area contributed by atoms with E-state index < -0.39 is 0 Å². The molecule has 0 atom stereocenters. The second kappa shape index (κ2) is 9.04. The van der Waals surface area contributed by atoms with Crippen LogP contribution in [0.1, 0.15) is 35.3 Å². The summed E-state index contributed by atoms with van der Waals surface area (Å²) in [5.41, 5.74) is 2.40. The third-order valence-electron chi connectivity index (χ3n) is 4.17. The fourth-order valence-corrected chi connectivity index (χ4v) is 2.79. The van der Waals surface area contributed by atoms with Crippen molar-refractivity contribution in [3.8, 4) is 0 Å². The molecule has 0 bridgehead atoms. The Morgan fingerprint density at radius 3 is 2.28 bits per heavy atom. The van der Waals surface area contributed by atoms with Crippen molar-refractivity contribution in [1.29, 1.82) is 0 Å². The van der Waals surface area contributed by atoms with E-state index in [2.05, 4.69) is 10.3 Å². The molecule has 0 radical (unpaired) electrons. The Labute approximate surface area is 148 Å². The summed E-state index contributed by atoms with van der Waals surface area (Å²) in [7, 11) is 0. The zero-order valence-electron chi connectivity index (χ0n) is 14.3. The molecule has 4 rings (SSSR count). The summed E-state index contributed by atoms with van der Waals surface area (Å²) in [6, 6.07) is 19.2. The lowest BCUT2D eigenvalue weighted by atomic mass is 10.2. The van der Waals surface area contributed by atoms with Crippen LogP contribution < -0.4 is 5.32 Å². The minimum absolute atomic E-state index is 0.287. The highest BCUT2D eigenvalue weighted by Crippen LogP contribution is 2.15. The predicted octanol–water partition coefficient (Wildman–Crippen LogP) is 4.28. The minimum atomic E-state index is -0.333. The van der Waals surface area contributed by atoms with Gasteiger partial charge in [-0.15, -0.1) is 0 Å². The first kappa shape index (κ1) is 17.2. The van der Waals surface area contributed by atoms with E-state index in [0.29, 0.717) is 5.69 Å². The summed E-state index contributed by atoms with van der Waals surface area (Å²) in [6.45, 7) is 2.79. The second-order valence-corrected chi connectivity index (χ2v) is 6.14. The molecule has 1 fully saturated rings. The van der Waals surface area contributed by atoms with Gasteiger partial charge in [-0.1, -0.05) is 55.0 Å². The zero-order chi connectivity index (χ0) is 17.3. The normalized spacial score (nSPS) is 13.8. The van der Waals surface area contributed by atoms with Crippen LogP contribution in [-0.2, 0) is 11.3 Å². The Kier molecular flexibility index (Phi) is 6.23. The number of aromatic amines is 1. The van der Waals surface area contributed by atoms with Crippen LogP contribution in [0.5, 0.6) is 0 Å². The average molecular weight is 336 g/mol. The van der Waals surface area contributed by atoms with Gasteiger partial charge in [-0.2, -0.15) is 0 Å². The van der Waals surface area contributed by atoms with Crippen LogP contribution in [-0.4, -0.2) is 24.0 Å². The highest BCUT2D eigenvalue weighted by molar-refractivity contribution is 5.94. The van der Waals surface area contributed by atoms with Crippen molar-refractivity contribution < 1.29 is 9.53 Å². The standard InChI is InChI=1S/C16H13NO2.C5H11N/c18-16(19-11-12-6-2-1-3-7-12)15-10-13-8-4-5-9-14(13)17-15;1-2-4-6-5-3-1/h1-10,17H,11H2;6H,1-5H2. The van der Waals surface area contributed by atoms with E-state index >= 15 is 0 Å². The SMILES string of the molecule is C1CCNCC1.O=C(OCc1ccccc1)c1cc2ccccc2[nH]1. The number of carbonyl (C=O) groups excluding carboxylic acids is 1. The summed E-state index contributed by atoms with van der Waals surface area (Å²) >= 11 is 0. The second-order valence-electron chi connectivity index (χ2n) is 6.14. The van der Waals surface area contributed by atoms with Crippen LogP contribution >= 0.6 is 0 Å². The van der Waals surface area contributed by atoms with Gasteiger partial charge in [0.05, 0.1) is 0 Å². The minimum Gasteiger partial charge on any atom is -0.456 e. The van der Waals surface area contributed by atoms with Gasteiger partial charge in [0.1, 0.15) is 12.3 Å². The quantitative estimate of drug-likeness (QED) is 0.702. The van der Waals surface area contributed by atoms with Gasteiger partial charge in [0.2, 0.25) is 0 Å². The topological polar surface area (TPSA) is 54.1 Å². The zero-order valence-corrected chi connectivity index (χ0v) is 14.3. The van der Waals surface area contributed by atoms with Gasteiger partial charge in [0.15, 0.2) is 0 Å². The number of nitrogens with one attached hydrogen (secondary N) is 2.